The summed E-state index contributed by atoms with van der Waals surface area (Å²) >= 11 is 6.01. The SMILES string of the molecule is Cc1cc(C(=O)NCc2ccccc2Cl)nn1C. The van der Waals surface area contributed by atoms with Crippen molar-refractivity contribution in [1.82, 2.24) is 15.1 Å². The average molecular weight is 264 g/mol. The molecule has 0 saturated carbocycles. The fourth-order valence-corrected chi connectivity index (χ4v) is 1.78. The van der Waals surface area contributed by atoms with Crippen LogP contribution in [0.5, 0.6) is 0 Å². The van der Waals surface area contributed by atoms with Gasteiger partial charge >= 0.3 is 0 Å². The summed E-state index contributed by atoms with van der Waals surface area (Å²) < 4.78 is 1.67. The first kappa shape index (κ1) is 12.6. The number of hydrogen-bond acceptors (Lipinski definition) is 2. The Morgan fingerprint density at radius 1 is 1.44 bits per heavy atom. The highest BCUT2D eigenvalue weighted by molar-refractivity contribution is 6.31. The van der Waals surface area contributed by atoms with Crippen LogP contribution in [0.15, 0.2) is 30.3 Å². The summed E-state index contributed by atoms with van der Waals surface area (Å²) in [5.74, 6) is -0.196. The molecule has 5 heteroatoms. The van der Waals surface area contributed by atoms with E-state index >= 15 is 0 Å². The van der Waals surface area contributed by atoms with Gasteiger partial charge in [-0.2, -0.15) is 5.10 Å². The Morgan fingerprint density at radius 3 is 2.78 bits per heavy atom. The molecule has 1 N–H and O–H groups in total. The predicted molar refractivity (Wildman–Crippen MR) is 70.6 cm³/mol. The molecule has 2 rings (SSSR count). The third-order valence-electron chi connectivity index (χ3n) is 2.74. The Kier molecular flexibility index (Phi) is 3.67. The smallest absolute Gasteiger partial charge is 0.272 e. The van der Waals surface area contributed by atoms with Gasteiger partial charge in [0, 0.05) is 24.3 Å². The molecule has 1 heterocycles. The lowest BCUT2D eigenvalue weighted by atomic mass is 10.2. The minimum Gasteiger partial charge on any atom is -0.347 e. The normalized spacial score (nSPS) is 10.4. The lowest BCUT2D eigenvalue weighted by molar-refractivity contribution is 0.0945. The third-order valence-corrected chi connectivity index (χ3v) is 3.11. The summed E-state index contributed by atoms with van der Waals surface area (Å²) in [6, 6.07) is 9.18. The minimum atomic E-state index is -0.196. The van der Waals surface area contributed by atoms with Gasteiger partial charge in [-0.3, -0.25) is 9.48 Å². The Morgan fingerprint density at radius 2 is 2.17 bits per heavy atom. The number of aryl methyl sites for hydroxylation is 2. The van der Waals surface area contributed by atoms with E-state index in [9.17, 15) is 4.79 Å². The van der Waals surface area contributed by atoms with E-state index < -0.39 is 0 Å². The summed E-state index contributed by atoms with van der Waals surface area (Å²) in [7, 11) is 1.81. The average Bonchev–Trinajstić information content (AvgIpc) is 2.68. The predicted octanol–water partition coefficient (Wildman–Crippen LogP) is 2.31. The molecule has 2 aromatic rings. The van der Waals surface area contributed by atoms with Crippen LogP contribution in [0.1, 0.15) is 21.7 Å². The van der Waals surface area contributed by atoms with Gasteiger partial charge in [-0.15, -0.1) is 0 Å². The van der Waals surface area contributed by atoms with Gasteiger partial charge in [0.25, 0.3) is 5.91 Å². The van der Waals surface area contributed by atoms with Crippen molar-refractivity contribution in [2.45, 2.75) is 13.5 Å². The lowest BCUT2D eigenvalue weighted by Crippen LogP contribution is -2.23. The van der Waals surface area contributed by atoms with E-state index in [1.165, 1.54) is 0 Å². The molecule has 0 aliphatic carbocycles. The molecule has 0 bridgehead atoms. The van der Waals surface area contributed by atoms with E-state index in [0.29, 0.717) is 17.3 Å². The zero-order chi connectivity index (χ0) is 13.1. The van der Waals surface area contributed by atoms with Crippen LogP contribution in [-0.4, -0.2) is 15.7 Å². The number of carbonyl (C=O) groups is 1. The Bertz CT molecular complexity index is 558. The van der Waals surface area contributed by atoms with Crippen LogP contribution in [-0.2, 0) is 13.6 Å². The van der Waals surface area contributed by atoms with Crippen molar-refractivity contribution >= 4 is 17.5 Å². The zero-order valence-corrected chi connectivity index (χ0v) is 11.0. The zero-order valence-electron chi connectivity index (χ0n) is 10.3. The van der Waals surface area contributed by atoms with Gasteiger partial charge in [0.15, 0.2) is 0 Å². The molecule has 0 fully saturated rings. The molecule has 0 spiro atoms. The van der Waals surface area contributed by atoms with E-state index in [2.05, 4.69) is 10.4 Å². The molecule has 18 heavy (non-hydrogen) atoms. The molecule has 0 unspecified atom stereocenters. The first-order valence-electron chi connectivity index (χ1n) is 5.60. The van der Waals surface area contributed by atoms with Crippen molar-refractivity contribution in [1.29, 1.82) is 0 Å². The van der Waals surface area contributed by atoms with Gasteiger partial charge in [0.2, 0.25) is 0 Å². The maximum atomic E-state index is 11.9. The fourth-order valence-electron chi connectivity index (χ4n) is 1.58. The van der Waals surface area contributed by atoms with Gasteiger partial charge in [-0.25, -0.2) is 0 Å². The van der Waals surface area contributed by atoms with Crippen molar-refractivity contribution < 1.29 is 4.79 Å². The number of carbonyl (C=O) groups excluding carboxylic acids is 1. The van der Waals surface area contributed by atoms with Crippen LogP contribution in [0.2, 0.25) is 5.02 Å². The Hall–Kier alpha value is -1.81. The number of hydrogen-bond donors (Lipinski definition) is 1. The van der Waals surface area contributed by atoms with Crippen molar-refractivity contribution in [2.24, 2.45) is 7.05 Å². The lowest BCUT2D eigenvalue weighted by Gasteiger charge is -2.05. The van der Waals surface area contributed by atoms with Crippen molar-refractivity contribution in [2.75, 3.05) is 0 Å². The maximum Gasteiger partial charge on any atom is 0.272 e. The quantitative estimate of drug-likeness (QED) is 0.924. The second kappa shape index (κ2) is 5.23. The molecule has 94 valence electrons. The number of rotatable bonds is 3. The van der Waals surface area contributed by atoms with Crippen molar-refractivity contribution in [3.05, 3.63) is 52.3 Å². The van der Waals surface area contributed by atoms with Crippen molar-refractivity contribution in [3.63, 3.8) is 0 Å². The Balaban J connectivity index is 2.03. The van der Waals surface area contributed by atoms with Gasteiger partial charge in [-0.1, -0.05) is 29.8 Å². The second-order valence-electron chi connectivity index (χ2n) is 4.07. The number of halogens is 1. The molecular formula is C13H14ClN3O. The van der Waals surface area contributed by atoms with Crippen LogP contribution >= 0.6 is 11.6 Å². The summed E-state index contributed by atoms with van der Waals surface area (Å²) in [4.78, 5) is 11.9. The van der Waals surface area contributed by atoms with E-state index in [0.717, 1.165) is 11.3 Å². The first-order chi connectivity index (χ1) is 8.58. The number of amides is 1. The summed E-state index contributed by atoms with van der Waals surface area (Å²) in [6.07, 6.45) is 0. The van der Waals surface area contributed by atoms with Crippen LogP contribution < -0.4 is 5.32 Å². The topological polar surface area (TPSA) is 46.9 Å². The molecular weight excluding hydrogens is 250 g/mol. The van der Waals surface area contributed by atoms with Gasteiger partial charge in [0.1, 0.15) is 5.69 Å². The molecule has 1 aromatic carbocycles. The van der Waals surface area contributed by atoms with Crippen molar-refractivity contribution in [3.8, 4) is 0 Å². The van der Waals surface area contributed by atoms with Crippen LogP contribution in [0.25, 0.3) is 0 Å². The van der Waals surface area contributed by atoms with Gasteiger partial charge in [0.05, 0.1) is 0 Å². The highest BCUT2D eigenvalue weighted by atomic mass is 35.5. The monoisotopic (exact) mass is 263 g/mol. The molecule has 1 amide bonds. The first-order valence-corrected chi connectivity index (χ1v) is 5.98. The summed E-state index contributed by atoms with van der Waals surface area (Å²) in [5, 5.41) is 7.56. The van der Waals surface area contributed by atoms with Gasteiger partial charge < -0.3 is 5.32 Å². The Labute approximate surface area is 111 Å². The largest absolute Gasteiger partial charge is 0.347 e. The molecule has 1 aromatic heterocycles. The van der Waals surface area contributed by atoms with E-state index in [1.54, 1.807) is 23.9 Å². The molecule has 0 saturated heterocycles. The number of aromatic nitrogens is 2. The molecule has 0 radical (unpaired) electrons. The highest BCUT2D eigenvalue weighted by Crippen LogP contribution is 2.14. The molecule has 4 nitrogen and oxygen atoms in total. The number of nitrogens with one attached hydrogen (secondary N) is 1. The third kappa shape index (κ3) is 2.71. The second-order valence-corrected chi connectivity index (χ2v) is 4.48. The van der Waals surface area contributed by atoms with E-state index in [1.807, 2.05) is 25.1 Å². The van der Waals surface area contributed by atoms with Crippen LogP contribution in [0, 0.1) is 6.92 Å². The van der Waals surface area contributed by atoms with E-state index in [-0.39, 0.29) is 5.91 Å². The molecule has 0 aliphatic heterocycles. The molecule has 0 aliphatic rings. The highest BCUT2D eigenvalue weighted by Gasteiger charge is 2.10. The van der Waals surface area contributed by atoms with Gasteiger partial charge in [-0.05, 0) is 24.6 Å². The summed E-state index contributed by atoms with van der Waals surface area (Å²) in [5.41, 5.74) is 2.25. The number of benzene rings is 1. The number of nitrogens with zero attached hydrogens (tertiary/aromatic N) is 2. The summed E-state index contributed by atoms with van der Waals surface area (Å²) in [6.45, 7) is 2.30. The fraction of sp³-hybridized carbons (Fsp3) is 0.231. The molecule has 0 atom stereocenters. The standard InChI is InChI=1S/C13H14ClN3O/c1-9-7-12(16-17(9)2)13(18)15-8-10-5-3-4-6-11(10)14/h3-7H,8H2,1-2H3,(H,15,18). The maximum absolute atomic E-state index is 11.9. The van der Waals surface area contributed by atoms with E-state index in [4.69, 9.17) is 11.6 Å². The van der Waals surface area contributed by atoms with Crippen LogP contribution in [0.3, 0.4) is 0 Å². The van der Waals surface area contributed by atoms with Crippen LogP contribution in [0.4, 0.5) is 0 Å². The minimum absolute atomic E-state index is 0.196.